The second-order valence-electron chi connectivity index (χ2n) is 5.53. The molecule has 0 bridgehead atoms. The molecule has 1 aromatic carbocycles. The molecular formula is C16H21ClO2. The van der Waals surface area contributed by atoms with Crippen LogP contribution in [0.1, 0.15) is 44.1 Å². The average Bonchev–Trinajstić information content (AvgIpc) is 2.64. The zero-order valence-corrected chi connectivity index (χ0v) is 11.9. The van der Waals surface area contributed by atoms with Crippen LogP contribution in [0.15, 0.2) is 24.3 Å². The Morgan fingerprint density at radius 3 is 2.53 bits per heavy atom. The lowest BCUT2D eigenvalue weighted by molar-refractivity contribution is -0.143. The second kappa shape index (κ2) is 6.95. The molecular weight excluding hydrogens is 260 g/mol. The van der Waals surface area contributed by atoms with Crippen LogP contribution in [0.3, 0.4) is 0 Å². The summed E-state index contributed by atoms with van der Waals surface area (Å²) in [5.74, 6) is -0.609. The van der Waals surface area contributed by atoms with E-state index in [1.54, 1.807) is 0 Å². The molecule has 2 rings (SSSR count). The van der Waals surface area contributed by atoms with Gasteiger partial charge in [-0.15, -0.1) is 0 Å². The molecule has 104 valence electrons. The van der Waals surface area contributed by atoms with Crippen LogP contribution in [0.25, 0.3) is 0 Å². The summed E-state index contributed by atoms with van der Waals surface area (Å²) in [6.45, 7) is 0. The van der Waals surface area contributed by atoms with Crippen molar-refractivity contribution < 1.29 is 9.90 Å². The SMILES string of the molecule is O=C(O)C(Cc1cccc(Cl)c1)C1CCCCCC1. The van der Waals surface area contributed by atoms with Crippen molar-refractivity contribution in [3.63, 3.8) is 0 Å². The topological polar surface area (TPSA) is 37.3 Å². The Labute approximate surface area is 119 Å². The van der Waals surface area contributed by atoms with Crippen LogP contribution in [0, 0.1) is 11.8 Å². The molecule has 1 aromatic rings. The van der Waals surface area contributed by atoms with E-state index in [9.17, 15) is 9.90 Å². The molecule has 0 heterocycles. The number of hydrogen-bond donors (Lipinski definition) is 1. The molecule has 1 aliphatic carbocycles. The molecule has 1 fully saturated rings. The van der Waals surface area contributed by atoms with Gasteiger partial charge in [0.15, 0.2) is 0 Å². The number of rotatable bonds is 4. The standard InChI is InChI=1S/C16H21ClO2/c17-14-9-5-6-12(10-14)11-15(16(18)19)13-7-3-1-2-4-8-13/h5-6,9-10,13,15H,1-4,7-8,11H2,(H,18,19). The minimum atomic E-state index is -0.660. The molecule has 1 unspecified atom stereocenters. The maximum atomic E-state index is 11.6. The minimum Gasteiger partial charge on any atom is -0.481 e. The lowest BCUT2D eigenvalue weighted by Gasteiger charge is -2.22. The molecule has 0 aromatic heterocycles. The van der Waals surface area contributed by atoms with Gasteiger partial charge in [-0.05, 0) is 42.9 Å². The van der Waals surface area contributed by atoms with Gasteiger partial charge in [0.05, 0.1) is 5.92 Å². The zero-order chi connectivity index (χ0) is 13.7. The predicted molar refractivity (Wildman–Crippen MR) is 77.5 cm³/mol. The van der Waals surface area contributed by atoms with Crippen LogP contribution in [0.2, 0.25) is 5.02 Å². The Balaban J connectivity index is 2.09. The van der Waals surface area contributed by atoms with Gasteiger partial charge in [-0.1, -0.05) is 49.4 Å². The molecule has 1 atom stereocenters. The summed E-state index contributed by atoms with van der Waals surface area (Å²) in [5.41, 5.74) is 1.03. The summed E-state index contributed by atoms with van der Waals surface area (Å²) in [6, 6.07) is 7.57. The minimum absolute atomic E-state index is 0.267. The van der Waals surface area contributed by atoms with Crippen molar-refractivity contribution in [3.05, 3.63) is 34.9 Å². The van der Waals surface area contributed by atoms with Gasteiger partial charge in [-0.3, -0.25) is 4.79 Å². The number of carboxylic acids is 1. The Morgan fingerprint density at radius 1 is 1.26 bits per heavy atom. The van der Waals surface area contributed by atoms with Crippen molar-refractivity contribution in [2.45, 2.75) is 44.9 Å². The van der Waals surface area contributed by atoms with Crippen molar-refractivity contribution in [2.75, 3.05) is 0 Å². The number of aliphatic carboxylic acids is 1. The summed E-state index contributed by atoms with van der Waals surface area (Å²) in [4.78, 5) is 11.6. The summed E-state index contributed by atoms with van der Waals surface area (Å²) in [7, 11) is 0. The van der Waals surface area contributed by atoms with Crippen molar-refractivity contribution in [3.8, 4) is 0 Å². The highest BCUT2D eigenvalue weighted by molar-refractivity contribution is 6.30. The lowest BCUT2D eigenvalue weighted by atomic mass is 9.82. The molecule has 1 aliphatic rings. The smallest absolute Gasteiger partial charge is 0.307 e. The van der Waals surface area contributed by atoms with Gasteiger partial charge in [0.1, 0.15) is 0 Å². The van der Waals surface area contributed by atoms with E-state index >= 15 is 0 Å². The predicted octanol–water partition coefficient (Wildman–Crippen LogP) is 4.55. The summed E-state index contributed by atoms with van der Waals surface area (Å²) in [5, 5.41) is 10.2. The van der Waals surface area contributed by atoms with E-state index in [0.717, 1.165) is 18.4 Å². The molecule has 2 nitrogen and oxygen atoms in total. The van der Waals surface area contributed by atoms with Crippen LogP contribution in [-0.2, 0) is 11.2 Å². The number of benzene rings is 1. The van der Waals surface area contributed by atoms with Crippen LogP contribution < -0.4 is 0 Å². The molecule has 0 radical (unpaired) electrons. The Hall–Kier alpha value is -1.02. The Bertz CT molecular complexity index is 423. The number of hydrogen-bond acceptors (Lipinski definition) is 1. The average molecular weight is 281 g/mol. The van der Waals surface area contributed by atoms with E-state index in [0.29, 0.717) is 17.4 Å². The highest BCUT2D eigenvalue weighted by Gasteiger charge is 2.28. The van der Waals surface area contributed by atoms with Crippen molar-refractivity contribution in [1.82, 2.24) is 0 Å². The largest absolute Gasteiger partial charge is 0.481 e. The summed E-state index contributed by atoms with van der Waals surface area (Å²) < 4.78 is 0. The Kier molecular flexibility index (Phi) is 5.26. The number of halogens is 1. The first-order chi connectivity index (χ1) is 9.16. The van der Waals surface area contributed by atoms with Gasteiger partial charge in [0.2, 0.25) is 0 Å². The highest BCUT2D eigenvalue weighted by Crippen LogP contribution is 2.31. The third kappa shape index (κ3) is 4.24. The highest BCUT2D eigenvalue weighted by atomic mass is 35.5. The molecule has 0 amide bonds. The molecule has 19 heavy (non-hydrogen) atoms. The van der Waals surface area contributed by atoms with E-state index in [-0.39, 0.29) is 5.92 Å². The first-order valence-electron chi connectivity index (χ1n) is 7.14. The molecule has 3 heteroatoms. The zero-order valence-electron chi connectivity index (χ0n) is 11.1. The third-order valence-electron chi connectivity index (χ3n) is 4.13. The quantitative estimate of drug-likeness (QED) is 0.821. The van der Waals surface area contributed by atoms with Gasteiger partial charge in [-0.2, -0.15) is 0 Å². The van der Waals surface area contributed by atoms with Gasteiger partial charge < -0.3 is 5.11 Å². The van der Waals surface area contributed by atoms with E-state index in [1.165, 1.54) is 25.7 Å². The fraction of sp³-hybridized carbons (Fsp3) is 0.562. The fourth-order valence-corrected chi connectivity index (χ4v) is 3.30. The normalized spacial score (nSPS) is 18.8. The molecule has 0 spiro atoms. The van der Waals surface area contributed by atoms with Crippen LogP contribution in [0.4, 0.5) is 0 Å². The van der Waals surface area contributed by atoms with E-state index < -0.39 is 5.97 Å². The summed E-state index contributed by atoms with van der Waals surface area (Å²) >= 11 is 5.97. The maximum absolute atomic E-state index is 11.6. The molecule has 1 N–H and O–H groups in total. The first kappa shape index (κ1) is 14.4. The van der Waals surface area contributed by atoms with Crippen LogP contribution >= 0.6 is 11.6 Å². The molecule has 1 saturated carbocycles. The van der Waals surface area contributed by atoms with Gasteiger partial charge in [-0.25, -0.2) is 0 Å². The molecule has 0 saturated heterocycles. The first-order valence-corrected chi connectivity index (χ1v) is 7.52. The van der Waals surface area contributed by atoms with Crippen molar-refractivity contribution in [1.29, 1.82) is 0 Å². The van der Waals surface area contributed by atoms with E-state index in [1.807, 2.05) is 24.3 Å². The monoisotopic (exact) mass is 280 g/mol. The van der Waals surface area contributed by atoms with Gasteiger partial charge >= 0.3 is 5.97 Å². The van der Waals surface area contributed by atoms with Crippen LogP contribution in [-0.4, -0.2) is 11.1 Å². The van der Waals surface area contributed by atoms with Gasteiger partial charge in [0.25, 0.3) is 0 Å². The fourth-order valence-electron chi connectivity index (χ4n) is 3.09. The van der Waals surface area contributed by atoms with Crippen molar-refractivity contribution in [2.24, 2.45) is 11.8 Å². The second-order valence-corrected chi connectivity index (χ2v) is 5.97. The van der Waals surface area contributed by atoms with E-state index in [4.69, 9.17) is 11.6 Å². The van der Waals surface area contributed by atoms with Gasteiger partial charge in [0, 0.05) is 5.02 Å². The Morgan fingerprint density at radius 2 is 1.95 bits per heavy atom. The number of carbonyl (C=O) groups is 1. The lowest BCUT2D eigenvalue weighted by Crippen LogP contribution is -2.25. The molecule has 0 aliphatic heterocycles. The number of carboxylic acid groups (broad SMARTS) is 1. The van der Waals surface area contributed by atoms with Crippen LogP contribution in [0.5, 0.6) is 0 Å². The third-order valence-corrected chi connectivity index (χ3v) is 4.37. The maximum Gasteiger partial charge on any atom is 0.307 e. The van der Waals surface area contributed by atoms with Crippen molar-refractivity contribution >= 4 is 17.6 Å². The summed E-state index contributed by atoms with van der Waals surface area (Å²) in [6.07, 6.45) is 7.55. The van der Waals surface area contributed by atoms with E-state index in [2.05, 4.69) is 0 Å².